The Morgan fingerprint density at radius 1 is 0.860 bits per heavy atom. The van der Waals surface area contributed by atoms with Crippen LogP contribution in [0.3, 0.4) is 0 Å². The van der Waals surface area contributed by atoms with E-state index in [0.717, 1.165) is 27.7 Å². The number of fused-ring (bicyclic) bond motifs is 1. The number of likely N-dealkylation sites (N-methyl/N-ethyl adjacent to an activating group) is 2. The molecule has 19 heteroatoms. The van der Waals surface area contributed by atoms with E-state index in [0.29, 0.717) is 26.2 Å². The van der Waals surface area contributed by atoms with Crippen LogP contribution < -0.4 is 9.64 Å². The first kappa shape index (κ1) is 43.8. The van der Waals surface area contributed by atoms with Crippen molar-refractivity contribution in [3.05, 3.63) is 69.4 Å². The summed E-state index contributed by atoms with van der Waals surface area (Å²) in [5.74, 6) is -3.47. The number of amides is 2. The number of anilines is 1. The van der Waals surface area contributed by atoms with Crippen molar-refractivity contribution >= 4 is 63.0 Å². The van der Waals surface area contributed by atoms with Crippen molar-refractivity contribution in [2.45, 2.75) is 91.4 Å². The highest BCUT2D eigenvalue weighted by Crippen LogP contribution is 2.39. The molecule has 2 heterocycles. The Balaban J connectivity index is 1.67. The lowest BCUT2D eigenvalue weighted by atomic mass is 9.98. The number of azide groups is 1. The predicted octanol–water partition coefficient (Wildman–Crippen LogP) is 5.43. The number of nitrogens with zero attached hydrogens (tertiary/aromatic N) is 5. The molecular formula is C38H45N5O13S. The van der Waals surface area contributed by atoms with Crippen LogP contribution in [0.15, 0.2) is 53.6 Å². The van der Waals surface area contributed by atoms with Crippen LogP contribution in [0.1, 0.15) is 52.0 Å². The number of carbonyl (C=O) groups excluding carboxylic acids is 6. The van der Waals surface area contributed by atoms with Crippen LogP contribution in [0.5, 0.6) is 5.75 Å². The average Bonchev–Trinajstić information content (AvgIpc) is 3.59. The molecule has 6 atom stereocenters. The topological polar surface area (TPSA) is 222 Å². The SMILES string of the molecule is CC(=O)OC[C@H]1O[C@@H](Oc2ccc(COC(=O)N(C)C(C(=O)N(C)c3ccccc3)C(C)C)c3sc(CN=[N+]=[N-])cc23)[C@H](OC(C)=O)[C@@H](OC(C)=O)[C@H]1OC(C)=O. The van der Waals surface area contributed by atoms with Gasteiger partial charge in [0.15, 0.2) is 12.2 Å². The van der Waals surface area contributed by atoms with Gasteiger partial charge in [-0.15, -0.1) is 11.3 Å². The summed E-state index contributed by atoms with van der Waals surface area (Å²) in [6.07, 6.45) is -7.85. The molecule has 1 saturated heterocycles. The number of para-hydroxylation sites is 1. The molecule has 0 saturated carbocycles. The molecule has 18 nitrogen and oxygen atoms in total. The summed E-state index contributed by atoms with van der Waals surface area (Å²) in [5, 5.41) is 4.12. The maximum absolute atomic E-state index is 13.6. The monoisotopic (exact) mass is 811 g/mol. The molecule has 1 aromatic heterocycles. The molecule has 0 N–H and O–H groups in total. The zero-order valence-corrected chi connectivity index (χ0v) is 33.5. The Labute approximate surface area is 332 Å². The Kier molecular flexibility index (Phi) is 15.2. The van der Waals surface area contributed by atoms with E-state index in [4.69, 9.17) is 38.7 Å². The van der Waals surface area contributed by atoms with Gasteiger partial charge in [-0.1, -0.05) is 43.2 Å². The lowest BCUT2D eigenvalue weighted by molar-refractivity contribution is -0.288. The van der Waals surface area contributed by atoms with Crippen LogP contribution in [0.4, 0.5) is 10.5 Å². The predicted molar refractivity (Wildman–Crippen MR) is 204 cm³/mol. The van der Waals surface area contributed by atoms with Crippen molar-refractivity contribution in [3.8, 4) is 5.75 Å². The molecule has 2 amide bonds. The van der Waals surface area contributed by atoms with Crippen molar-refractivity contribution < 1.29 is 61.9 Å². The van der Waals surface area contributed by atoms with E-state index in [2.05, 4.69) is 10.0 Å². The molecule has 1 fully saturated rings. The van der Waals surface area contributed by atoms with Crippen LogP contribution in [0.25, 0.3) is 20.5 Å². The van der Waals surface area contributed by atoms with Gasteiger partial charge in [0.2, 0.25) is 18.3 Å². The molecule has 1 aliphatic rings. The molecular weight excluding hydrogens is 767 g/mol. The number of esters is 4. The van der Waals surface area contributed by atoms with Crippen molar-refractivity contribution in [1.29, 1.82) is 0 Å². The molecule has 0 radical (unpaired) electrons. The van der Waals surface area contributed by atoms with E-state index in [1.165, 1.54) is 28.2 Å². The molecule has 0 spiro atoms. The molecule has 306 valence electrons. The highest BCUT2D eigenvalue weighted by molar-refractivity contribution is 7.19. The summed E-state index contributed by atoms with van der Waals surface area (Å²) in [6.45, 7) is 7.45. The molecule has 0 bridgehead atoms. The van der Waals surface area contributed by atoms with E-state index in [1.807, 2.05) is 32.0 Å². The summed E-state index contributed by atoms with van der Waals surface area (Å²) in [5.41, 5.74) is 10.2. The Morgan fingerprint density at radius 3 is 2.09 bits per heavy atom. The van der Waals surface area contributed by atoms with Crippen LogP contribution in [0.2, 0.25) is 0 Å². The highest BCUT2D eigenvalue weighted by Gasteiger charge is 2.53. The molecule has 0 aliphatic carbocycles. The fourth-order valence-corrected chi connectivity index (χ4v) is 7.33. The first-order valence-corrected chi connectivity index (χ1v) is 18.6. The van der Waals surface area contributed by atoms with Gasteiger partial charge < -0.3 is 38.1 Å². The average molecular weight is 812 g/mol. The van der Waals surface area contributed by atoms with Crippen LogP contribution in [0, 0.1) is 5.92 Å². The fourth-order valence-electron chi connectivity index (χ4n) is 6.24. The van der Waals surface area contributed by atoms with Crippen molar-refractivity contribution in [1.82, 2.24) is 4.90 Å². The number of hydrogen-bond donors (Lipinski definition) is 0. The first-order chi connectivity index (χ1) is 27.0. The van der Waals surface area contributed by atoms with Gasteiger partial charge >= 0.3 is 30.0 Å². The fraction of sp³-hybridized carbons (Fsp3) is 0.474. The smallest absolute Gasteiger partial charge is 0.410 e. The quantitative estimate of drug-likeness (QED) is 0.0615. The first-order valence-electron chi connectivity index (χ1n) is 17.8. The summed E-state index contributed by atoms with van der Waals surface area (Å²) in [6, 6.07) is 13.1. The van der Waals surface area contributed by atoms with Gasteiger partial charge in [0, 0.05) is 72.9 Å². The van der Waals surface area contributed by atoms with Crippen molar-refractivity contribution in [2.75, 3.05) is 25.6 Å². The third kappa shape index (κ3) is 11.3. The highest BCUT2D eigenvalue weighted by atomic mass is 32.1. The second kappa shape index (κ2) is 19.8. The number of rotatable bonds is 15. The van der Waals surface area contributed by atoms with Crippen molar-refractivity contribution in [3.63, 3.8) is 0 Å². The summed E-state index contributed by atoms with van der Waals surface area (Å²) < 4.78 is 40.4. The van der Waals surface area contributed by atoms with E-state index in [-0.39, 0.29) is 30.7 Å². The van der Waals surface area contributed by atoms with Gasteiger partial charge in [-0.3, -0.25) is 28.9 Å². The Bertz CT molecular complexity index is 2000. The molecule has 1 unspecified atom stereocenters. The molecule has 4 rings (SSSR count). The minimum atomic E-state index is -1.52. The number of benzene rings is 2. The molecule has 1 aliphatic heterocycles. The maximum Gasteiger partial charge on any atom is 0.410 e. The number of thiophene rings is 1. The van der Waals surface area contributed by atoms with Gasteiger partial charge in [-0.2, -0.15) is 0 Å². The van der Waals surface area contributed by atoms with Crippen LogP contribution in [-0.2, 0) is 65.5 Å². The lowest BCUT2D eigenvalue weighted by Crippen LogP contribution is -2.63. The second-order valence-corrected chi connectivity index (χ2v) is 14.5. The van der Waals surface area contributed by atoms with Gasteiger partial charge in [0.1, 0.15) is 31.1 Å². The van der Waals surface area contributed by atoms with Crippen LogP contribution in [-0.4, -0.2) is 98.2 Å². The zero-order chi connectivity index (χ0) is 42.0. The summed E-state index contributed by atoms with van der Waals surface area (Å²) in [7, 11) is 3.13. The van der Waals surface area contributed by atoms with E-state index >= 15 is 0 Å². The third-order valence-corrected chi connectivity index (χ3v) is 9.87. The molecule has 3 aromatic rings. The third-order valence-electron chi connectivity index (χ3n) is 8.67. The Morgan fingerprint density at radius 2 is 1.49 bits per heavy atom. The normalized spacial score (nSPS) is 19.4. The van der Waals surface area contributed by atoms with Gasteiger partial charge in [0.25, 0.3) is 0 Å². The van der Waals surface area contributed by atoms with Crippen molar-refractivity contribution in [2.24, 2.45) is 11.0 Å². The van der Waals surface area contributed by atoms with Crippen LogP contribution >= 0.6 is 11.3 Å². The van der Waals surface area contributed by atoms with E-state index < -0.39 is 73.3 Å². The minimum absolute atomic E-state index is 0.0244. The number of hydrogen-bond acceptors (Lipinski definition) is 15. The second-order valence-electron chi connectivity index (χ2n) is 13.3. The Hall–Kier alpha value is -5.91. The summed E-state index contributed by atoms with van der Waals surface area (Å²) >= 11 is 1.24. The lowest BCUT2D eigenvalue weighted by Gasteiger charge is -2.44. The van der Waals surface area contributed by atoms with E-state index in [9.17, 15) is 28.8 Å². The zero-order valence-electron chi connectivity index (χ0n) is 32.7. The largest absolute Gasteiger partial charge is 0.463 e. The van der Waals surface area contributed by atoms with E-state index in [1.54, 1.807) is 37.4 Å². The van der Waals surface area contributed by atoms with Gasteiger partial charge in [0.05, 0.1) is 6.54 Å². The van der Waals surface area contributed by atoms with Gasteiger partial charge in [-0.25, -0.2) is 4.79 Å². The molecule has 57 heavy (non-hydrogen) atoms. The maximum atomic E-state index is 13.6. The standard InChI is InChI=1S/C38H45N5O13S/c1-20(2)31(36(48)42(7)26-12-10-9-11-13-26)43(8)38(49)51-18-25-14-15-29(28-16-27(17-40-41-39)57-35(25)28)55-37-34(54-24(6)47)33(53-23(5)46)32(52-22(4)45)30(56-37)19-50-21(3)44/h9-16,20,30-34,37H,17-19H2,1-8H3/t30-,31?,32+,33+,34-,37-/m1/s1. The number of carbonyl (C=O) groups is 6. The summed E-state index contributed by atoms with van der Waals surface area (Å²) in [4.78, 5) is 81.9. The minimum Gasteiger partial charge on any atom is -0.463 e. The van der Waals surface area contributed by atoms with Gasteiger partial charge in [-0.05, 0) is 35.7 Å². The number of ether oxygens (including phenoxy) is 7. The molecule has 2 aromatic carbocycles.